The van der Waals surface area contributed by atoms with Crippen LogP contribution in [-0.2, 0) is 4.79 Å². The molecule has 118 valence electrons. The van der Waals surface area contributed by atoms with Gasteiger partial charge in [-0.3, -0.25) is 25.8 Å². The van der Waals surface area contributed by atoms with Gasteiger partial charge in [0.15, 0.2) is 5.11 Å². The Morgan fingerprint density at radius 1 is 1.23 bits per heavy atom. The molecule has 0 aromatic heterocycles. The second kappa shape index (κ2) is 7.69. The lowest BCUT2D eigenvalue weighted by Crippen LogP contribution is -2.47. The fourth-order valence-electron chi connectivity index (χ4n) is 2.50. The molecule has 0 bridgehead atoms. The predicted molar refractivity (Wildman–Crippen MR) is 86.7 cm³/mol. The quantitative estimate of drug-likeness (QED) is 0.446. The smallest absolute Gasteiger partial charge is 0.241 e. The standard InChI is InChI=1S/C14H18N4O3S/c19-13(10-5-4-8-12(9-10)18(20)21)16-17-14(22)15-11-6-2-1-3-7-11/h1-3,6-7,10,12H,4-5,8-9H2,(H,16,19)(H2,15,17,22). The minimum atomic E-state index is -0.626. The Bertz CT molecular complexity index is 552. The molecule has 1 fully saturated rings. The summed E-state index contributed by atoms with van der Waals surface area (Å²) in [6.07, 6.45) is 2.17. The van der Waals surface area contributed by atoms with Gasteiger partial charge in [0.2, 0.25) is 11.9 Å². The second-order valence-corrected chi connectivity index (χ2v) is 5.65. The third kappa shape index (κ3) is 4.66. The van der Waals surface area contributed by atoms with Crippen LogP contribution in [0.1, 0.15) is 25.7 Å². The molecular formula is C14H18N4O3S. The van der Waals surface area contributed by atoms with Crippen molar-refractivity contribution in [1.82, 2.24) is 10.9 Å². The van der Waals surface area contributed by atoms with E-state index in [1.54, 1.807) is 0 Å². The van der Waals surface area contributed by atoms with E-state index in [1.807, 2.05) is 30.3 Å². The molecular weight excluding hydrogens is 304 g/mol. The SMILES string of the molecule is O=C(NNC(=S)Nc1ccccc1)C1CCCC([N+](=O)[O-])C1. The summed E-state index contributed by atoms with van der Waals surface area (Å²) in [6, 6.07) is 8.68. The zero-order valence-electron chi connectivity index (χ0n) is 12.0. The van der Waals surface area contributed by atoms with Gasteiger partial charge in [-0.2, -0.15) is 0 Å². The van der Waals surface area contributed by atoms with Gasteiger partial charge in [-0.25, -0.2) is 0 Å². The molecule has 0 spiro atoms. The average Bonchev–Trinajstić information content (AvgIpc) is 2.53. The first-order valence-corrected chi connectivity index (χ1v) is 7.52. The molecule has 7 nitrogen and oxygen atoms in total. The molecule has 0 saturated heterocycles. The molecule has 0 heterocycles. The summed E-state index contributed by atoms with van der Waals surface area (Å²) in [5.74, 6) is -0.611. The number of para-hydroxylation sites is 1. The van der Waals surface area contributed by atoms with Crippen LogP contribution in [0.3, 0.4) is 0 Å². The van der Waals surface area contributed by atoms with Crippen molar-refractivity contribution in [1.29, 1.82) is 0 Å². The number of hydrogen-bond donors (Lipinski definition) is 3. The summed E-state index contributed by atoms with van der Waals surface area (Å²) in [7, 11) is 0. The van der Waals surface area contributed by atoms with E-state index < -0.39 is 6.04 Å². The highest BCUT2D eigenvalue weighted by molar-refractivity contribution is 7.80. The maximum absolute atomic E-state index is 12.0. The second-order valence-electron chi connectivity index (χ2n) is 5.24. The number of thiocarbonyl (C=S) groups is 1. The third-order valence-electron chi connectivity index (χ3n) is 3.65. The number of nitro groups is 1. The van der Waals surface area contributed by atoms with Crippen LogP contribution in [0.25, 0.3) is 0 Å². The molecule has 1 amide bonds. The van der Waals surface area contributed by atoms with Gasteiger partial charge in [-0.15, -0.1) is 0 Å². The van der Waals surface area contributed by atoms with E-state index in [1.165, 1.54) is 0 Å². The van der Waals surface area contributed by atoms with E-state index in [2.05, 4.69) is 16.2 Å². The molecule has 1 aliphatic carbocycles. The summed E-state index contributed by atoms with van der Waals surface area (Å²) in [5.41, 5.74) is 5.95. The van der Waals surface area contributed by atoms with E-state index in [9.17, 15) is 14.9 Å². The molecule has 2 unspecified atom stereocenters. The first-order valence-electron chi connectivity index (χ1n) is 7.11. The lowest BCUT2D eigenvalue weighted by Gasteiger charge is -2.23. The molecule has 8 heteroatoms. The van der Waals surface area contributed by atoms with Crippen LogP contribution >= 0.6 is 12.2 Å². The van der Waals surface area contributed by atoms with E-state index in [-0.39, 0.29) is 28.3 Å². The monoisotopic (exact) mass is 322 g/mol. The maximum Gasteiger partial charge on any atom is 0.241 e. The van der Waals surface area contributed by atoms with Crippen LogP contribution in [0.5, 0.6) is 0 Å². The van der Waals surface area contributed by atoms with Crippen LogP contribution in [0.4, 0.5) is 5.69 Å². The Morgan fingerprint density at radius 3 is 2.64 bits per heavy atom. The number of rotatable bonds is 3. The highest BCUT2D eigenvalue weighted by Crippen LogP contribution is 2.25. The van der Waals surface area contributed by atoms with Gasteiger partial charge in [0.05, 0.1) is 0 Å². The zero-order valence-corrected chi connectivity index (χ0v) is 12.8. The van der Waals surface area contributed by atoms with Crippen molar-refractivity contribution in [3.8, 4) is 0 Å². The lowest BCUT2D eigenvalue weighted by molar-refractivity contribution is -0.527. The molecule has 22 heavy (non-hydrogen) atoms. The van der Waals surface area contributed by atoms with Crippen LogP contribution in [0.15, 0.2) is 30.3 Å². The Hall–Kier alpha value is -2.22. The van der Waals surface area contributed by atoms with Gasteiger partial charge in [-0.05, 0) is 37.2 Å². The van der Waals surface area contributed by atoms with Crippen LogP contribution in [-0.4, -0.2) is 22.0 Å². The number of nitrogens with one attached hydrogen (secondary N) is 3. The Balaban J connectivity index is 1.77. The molecule has 1 saturated carbocycles. The molecule has 1 aromatic carbocycles. The summed E-state index contributed by atoms with van der Waals surface area (Å²) in [6.45, 7) is 0. The minimum Gasteiger partial charge on any atom is -0.331 e. The summed E-state index contributed by atoms with van der Waals surface area (Å²) in [5, 5.41) is 14.0. The summed E-state index contributed by atoms with van der Waals surface area (Å²) in [4.78, 5) is 22.6. The van der Waals surface area contributed by atoms with E-state index in [0.29, 0.717) is 19.3 Å². The number of hydrogen-bond acceptors (Lipinski definition) is 4. The molecule has 2 atom stereocenters. The molecule has 1 aromatic rings. The number of amides is 1. The largest absolute Gasteiger partial charge is 0.331 e. The van der Waals surface area contributed by atoms with Crippen molar-refractivity contribution in [3.63, 3.8) is 0 Å². The van der Waals surface area contributed by atoms with Crippen LogP contribution < -0.4 is 16.2 Å². The first kappa shape index (κ1) is 16.2. The summed E-state index contributed by atoms with van der Waals surface area (Å²) < 4.78 is 0. The third-order valence-corrected chi connectivity index (χ3v) is 3.85. The number of carbonyl (C=O) groups is 1. The van der Waals surface area contributed by atoms with E-state index >= 15 is 0 Å². The van der Waals surface area contributed by atoms with Crippen LogP contribution in [0.2, 0.25) is 0 Å². The number of anilines is 1. The number of hydrazine groups is 1. The Labute approximate surface area is 133 Å². The lowest BCUT2D eigenvalue weighted by atomic mass is 9.85. The fraction of sp³-hybridized carbons (Fsp3) is 0.429. The van der Waals surface area contributed by atoms with Gasteiger partial charge >= 0.3 is 0 Å². The maximum atomic E-state index is 12.0. The first-order chi connectivity index (χ1) is 10.6. The molecule has 3 N–H and O–H groups in total. The van der Waals surface area contributed by atoms with Crippen molar-refractivity contribution in [2.75, 3.05) is 5.32 Å². The number of benzene rings is 1. The zero-order chi connectivity index (χ0) is 15.9. The van der Waals surface area contributed by atoms with Gasteiger partial charge < -0.3 is 5.32 Å². The van der Waals surface area contributed by atoms with Gasteiger partial charge in [0, 0.05) is 29.4 Å². The Morgan fingerprint density at radius 2 is 1.95 bits per heavy atom. The summed E-state index contributed by atoms with van der Waals surface area (Å²) >= 11 is 5.08. The van der Waals surface area contributed by atoms with Crippen molar-refractivity contribution in [2.45, 2.75) is 31.7 Å². The normalized spacial score (nSPS) is 20.7. The highest BCUT2D eigenvalue weighted by Gasteiger charge is 2.33. The van der Waals surface area contributed by atoms with E-state index in [0.717, 1.165) is 5.69 Å². The Kier molecular flexibility index (Phi) is 5.65. The molecule has 0 radical (unpaired) electrons. The molecule has 1 aliphatic rings. The van der Waals surface area contributed by atoms with Gasteiger partial charge in [0.1, 0.15) is 0 Å². The topological polar surface area (TPSA) is 96.3 Å². The van der Waals surface area contributed by atoms with Crippen molar-refractivity contribution in [3.05, 3.63) is 40.4 Å². The molecule has 0 aliphatic heterocycles. The van der Waals surface area contributed by atoms with Crippen molar-refractivity contribution >= 4 is 28.9 Å². The highest BCUT2D eigenvalue weighted by atomic mass is 32.1. The number of nitrogens with zero attached hydrogens (tertiary/aromatic N) is 1. The van der Waals surface area contributed by atoms with Gasteiger partial charge in [0.25, 0.3) is 0 Å². The van der Waals surface area contributed by atoms with Crippen LogP contribution in [0, 0.1) is 16.0 Å². The van der Waals surface area contributed by atoms with Crippen molar-refractivity contribution in [2.24, 2.45) is 5.92 Å². The predicted octanol–water partition coefficient (Wildman–Crippen LogP) is 1.84. The van der Waals surface area contributed by atoms with Gasteiger partial charge in [-0.1, -0.05) is 18.2 Å². The minimum absolute atomic E-state index is 0.260. The number of carbonyl (C=O) groups excluding carboxylic acids is 1. The fourth-order valence-corrected chi connectivity index (χ4v) is 2.67. The molecule has 2 rings (SSSR count). The average molecular weight is 322 g/mol. The van der Waals surface area contributed by atoms with Crippen molar-refractivity contribution < 1.29 is 9.72 Å². The van der Waals surface area contributed by atoms with E-state index in [4.69, 9.17) is 12.2 Å².